The first kappa shape index (κ1) is 12.5. The van der Waals surface area contributed by atoms with Crippen LogP contribution in [-0.2, 0) is 0 Å². The summed E-state index contributed by atoms with van der Waals surface area (Å²) in [6, 6.07) is 1.75. The molecule has 1 aromatic heterocycles. The number of hydrogen-bond acceptors (Lipinski definition) is 2. The van der Waals surface area contributed by atoms with E-state index in [1.54, 1.807) is 12.3 Å². The van der Waals surface area contributed by atoms with Crippen LogP contribution in [0.1, 0.15) is 35.4 Å². The normalized spacial score (nSPS) is 20.6. The summed E-state index contributed by atoms with van der Waals surface area (Å²) in [5.74, 6) is 2.03. The van der Waals surface area contributed by atoms with Gasteiger partial charge in [-0.25, -0.2) is 0 Å². The third-order valence-corrected chi connectivity index (χ3v) is 3.63. The molecule has 94 valence electrons. The first-order chi connectivity index (χ1) is 8.22. The maximum atomic E-state index is 12.3. The van der Waals surface area contributed by atoms with E-state index in [1.807, 2.05) is 11.8 Å². The molecule has 0 aliphatic carbocycles. The van der Waals surface area contributed by atoms with Crippen molar-refractivity contribution >= 4 is 17.5 Å². The largest absolute Gasteiger partial charge is 0.469 e. The monoisotopic (exact) mass is 255 g/mol. The average Bonchev–Trinajstić information content (AvgIpc) is 2.75. The summed E-state index contributed by atoms with van der Waals surface area (Å²) >= 11 is 5.77. The van der Waals surface area contributed by atoms with Gasteiger partial charge < -0.3 is 9.32 Å². The summed E-state index contributed by atoms with van der Waals surface area (Å²) in [6.45, 7) is 3.51. The number of amides is 1. The Morgan fingerprint density at radius 2 is 2.47 bits per heavy atom. The zero-order valence-corrected chi connectivity index (χ0v) is 10.9. The highest BCUT2D eigenvalue weighted by Crippen LogP contribution is 2.22. The Kier molecular flexibility index (Phi) is 4.11. The third kappa shape index (κ3) is 2.83. The van der Waals surface area contributed by atoms with Crippen molar-refractivity contribution in [3.05, 3.63) is 23.7 Å². The summed E-state index contributed by atoms with van der Waals surface area (Å²) in [5.41, 5.74) is 0.691. The molecule has 0 spiro atoms. The fraction of sp³-hybridized carbons (Fsp3) is 0.615. The fourth-order valence-corrected chi connectivity index (χ4v) is 2.73. The van der Waals surface area contributed by atoms with Gasteiger partial charge in [0.1, 0.15) is 5.76 Å². The van der Waals surface area contributed by atoms with Gasteiger partial charge >= 0.3 is 0 Å². The lowest BCUT2D eigenvalue weighted by Crippen LogP contribution is -2.40. The summed E-state index contributed by atoms with van der Waals surface area (Å²) in [4.78, 5) is 14.2. The molecule has 0 N–H and O–H groups in total. The standard InChI is InChI=1S/C13H18ClNO2/c1-10-12(5-8-17-10)13(16)15-7-2-3-11(9-15)4-6-14/h5,8,11H,2-4,6-7,9H2,1H3. The van der Waals surface area contributed by atoms with Crippen molar-refractivity contribution < 1.29 is 9.21 Å². The molecule has 0 saturated carbocycles. The number of furan rings is 1. The zero-order valence-electron chi connectivity index (χ0n) is 10.1. The van der Waals surface area contributed by atoms with E-state index in [2.05, 4.69) is 0 Å². The van der Waals surface area contributed by atoms with E-state index in [9.17, 15) is 4.79 Å². The number of nitrogens with zero attached hydrogens (tertiary/aromatic N) is 1. The molecule has 1 aliphatic rings. The highest BCUT2D eigenvalue weighted by Gasteiger charge is 2.25. The van der Waals surface area contributed by atoms with Gasteiger partial charge in [-0.3, -0.25) is 4.79 Å². The summed E-state index contributed by atoms with van der Waals surface area (Å²) in [5, 5.41) is 0. The maximum absolute atomic E-state index is 12.3. The van der Waals surface area contributed by atoms with E-state index in [-0.39, 0.29) is 5.91 Å². The van der Waals surface area contributed by atoms with Gasteiger partial charge in [0, 0.05) is 19.0 Å². The third-order valence-electron chi connectivity index (χ3n) is 3.41. The highest BCUT2D eigenvalue weighted by atomic mass is 35.5. The quantitative estimate of drug-likeness (QED) is 0.778. The molecule has 1 amide bonds. The number of alkyl halides is 1. The van der Waals surface area contributed by atoms with Crippen molar-refractivity contribution in [3.63, 3.8) is 0 Å². The molecule has 2 rings (SSSR count). The molecular weight excluding hydrogens is 238 g/mol. The SMILES string of the molecule is Cc1occc1C(=O)N1CCCC(CCCl)C1. The second-order valence-electron chi connectivity index (χ2n) is 4.63. The van der Waals surface area contributed by atoms with E-state index in [4.69, 9.17) is 16.0 Å². The first-order valence-corrected chi connectivity index (χ1v) is 6.65. The average molecular weight is 256 g/mol. The molecular formula is C13H18ClNO2. The molecule has 1 fully saturated rings. The Hall–Kier alpha value is -0.960. The van der Waals surface area contributed by atoms with Crippen molar-refractivity contribution in [3.8, 4) is 0 Å². The van der Waals surface area contributed by atoms with Crippen LogP contribution in [0.5, 0.6) is 0 Å². The molecule has 2 heterocycles. The van der Waals surface area contributed by atoms with Gasteiger partial charge in [0.25, 0.3) is 5.91 Å². The number of likely N-dealkylation sites (tertiary alicyclic amines) is 1. The predicted octanol–water partition coefficient (Wildman–Crippen LogP) is 3.07. The molecule has 0 aromatic carbocycles. The minimum absolute atomic E-state index is 0.0931. The van der Waals surface area contributed by atoms with E-state index >= 15 is 0 Å². The van der Waals surface area contributed by atoms with Crippen LogP contribution in [0.15, 0.2) is 16.7 Å². The van der Waals surface area contributed by atoms with E-state index < -0.39 is 0 Å². The minimum Gasteiger partial charge on any atom is -0.469 e. The number of piperidine rings is 1. The van der Waals surface area contributed by atoms with E-state index in [1.165, 1.54) is 6.42 Å². The van der Waals surface area contributed by atoms with Gasteiger partial charge in [0.05, 0.1) is 11.8 Å². The maximum Gasteiger partial charge on any atom is 0.257 e. The molecule has 3 nitrogen and oxygen atoms in total. The molecule has 1 saturated heterocycles. The van der Waals surface area contributed by atoms with Crippen LogP contribution in [-0.4, -0.2) is 29.8 Å². The number of rotatable bonds is 3. The number of carbonyl (C=O) groups is 1. The van der Waals surface area contributed by atoms with Gasteiger partial charge in [-0.1, -0.05) is 0 Å². The van der Waals surface area contributed by atoms with Gasteiger partial charge in [0.15, 0.2) is 0 Å². The molecule has 1 aliphatic heterocycles. The first-order valence-electron chi connectivity index (χ1n) is 6.11. The van der Waals surface area contributed by atoms with Crippen LogP contribution in [0, 0.1) is 12.8 Å². The topological polar surface area (TPSA) is 33.5 Å². The Morgan fingerprint density at radius 1 is 1.65 bits per heavy atom. The summed E-state index contributed by atoms with van der Waals surface area (Å²) in [7, 11) is 0. The second kappa shape index (κ2) is 5.58. The molecule has 1 atom stereocenters. The Balaban J connectivity index is 2.02. The zero-order chi connectivity index (χ0) is 12.3. The molecule has 0 radical (unpaired) electrons. The van der Waals surface area contributed by atoms with Gasteiger partial charge in [-0.2, -0.15) is 0 Å². The van der Waals surface area contributed by atoms with Crippen LogP contribution in [0.3, 0.4) is 0 Å². The lowest BCUT2D eigenvalue weighted by molar-refractivity contribution is 0.0670. The number of halogens is 1. The number of hydrogen-bond donors (Lipinski definition) is 0. The van der Waals surface area contributed by atoms with Crippen LogP contribution in [0.2, 0.25) is 0 Å². The van der Waals surface area contributed by atoms with Crippen LogP contribution in [0.25, 0.3) is 0 Å². The van der Waals surface area contributed by atoms with E-state index in [0.717, 1.165) is 25.9 Å². The highest BCUT2D eigenvalue weighted by molar-refractivity contribution is 6.17. The smallest absolute Gasteiger partial charge is 0.257 e. The molecule has 17 heavy (non-hydrogen) atoms. The predicted molar refractivity (Wildman–Crippen MR) is 67.4 cm³/mol. The van der Waals surface area contributed by atoms with E-state index in [0.29, 0.717) is 23.1 Å². The number of carbonyl (C=O) groups excluding carboxylic acids is 1. The lowest BCUT2D eigenvalue weighted by atomic mass is 9.95. The molecule has 4 heteroatoms. The van der Waals surface area contributed by atoms with Crippen molar-refractivity contribution in [1.82, 2.24) is 4.90 Å². The minimum atomic E-state index is 0.0931. The van der Waals surface area contributed by atoms with Crippen molar-refractivity contribution in [2.45, 2.75) is 26.2 Å². The summed E-state index contributed by atoms with van der Waals surface area (Å²) in [6.07, 6.45) is 4.82. The molecule has 0 bridgehead atoms. The van der Waals surface area contributed by atoms with Crippen molar-refractivity contribution in [2.75, 3.05) is 19.0 Å². The Bertz CT molecular complexity index is 387. The lowest BCUT2D eigenvalue weighted by Gasteiger charge is -2.32. The van der Waals surface area contributed by atoms with Crippen molar-refractivity contribution in [2.24, 2.45) is 5.92 Å². The fourth-order valence-electron chi connectivity index (χ4n) is 2.42. The van der Waals surface area contributed by atoms with Gasteiger partial charge in [0.2, 0.25) is 0 Å². The Morgan fingerprint density at radius 3 is 3.12 bits per heavy atom. The van der Waals surface area contributed by atoms with Gasteiger partial charge in [-0.15, -0.1) is 11.6 Å². The molecule has 1 unspecified atom stereocenters. The van der Waals surface area contributed by atoms with Crippen LogP contribution >= 0.6 is 11.6 Å². The van der Waals surface area contributed by atoms with Crippen molar-refractivity contribution in [1.29, 1.82) is 0 Å². The van der Waals surface area contributed by atoms with Crippen LogP contribution in [0.4, 0.5) is 0 Å². The number of aryl methyl sites for hydroxylation is 1. The van der Waals surface area contributed by atoms with Crippen LogP contribution < -0.4 is 0 Å². The second-order valence-corrected chi connectivity index (χ2v) is 5.01. The Labute approximate surface area is 107 Å². The summed E-state index contributed by atoms with van der Waals surface area (Å²) < 4.78 is 5.18. The van der Waals surface area contributed by atoms with Gasteiger partial charge in [-0.05, 0) is 38.2 Å². The molecule has 1 aromatic rings.